The zero-order chi connectivity index (χ0) is 12.3. The molecule has 1 aromatic rings. The number of alkyl halides is 1. The van der Waals surface area contributed by atoms with Crippen LogP contribution in [0.4, 0.5) is 4.39 Å². The van der Waals surface area contributed by atoms with Crippen molar-refractivity contribution in [3.63, 3.8) is 0 Å². The lowest BCUT2D eigenvalue weighted by Crippen LogP contribution is -2.18. The highest BCUT2D eigenvalue weighted by Crippen LogP contribution is 2.30. The molecule has 0 aliphatic carbocycles. The molecule has 0 bridgehead atoms. The lowest BCUT2D eigenvalue weighted by molar-refractivity contribution is 0.331. The van der Waals surface area contributed by atoms with Gasteiger partial charge in [0.05, 0.1) is 0 Å². The molecule has 16 heavy (non-hydrogen) atoms. The van der Waals surface area contributed by atoms with Gasteiger partial charge in [0.25, 0.3) is 0 Å². The molecular weight excluding hydrogens is 290 g/mol. The van der Waals surface area contributed by atoms with Crippen LogP contribution in [0.25, 0.3) is 0 Å². The fourth-order valence-corrected chi connectivity index (χ4v) is 3.03. The second kappa shape index (κ2) is 5.50. The number of halogens is 3. The van der Waals surface area contributed by atoms with Crippen molar-refractivity contribution in [2.75, 3.05) is 0 Å². The molecule has 1 atom stereocenters. The smallest absolute Gasteiger partial charge is 0.124 e. The van der Waals surface area contributed by atoms with Crippen molar-refractivity contribution in [1.82, 2.24) is 0 Å². The van der Waals surface area contributed by atoms with Gasteiger partial charge in [0, 0.05) is 9.85 Å². The van der Waals surface area contributed by atoms with Crippen molar-refractivity contribution in [1.29, 1.82) is 0 Å². The molecule has 0 nitrogen and oxygen atoms in total. The van der Waals surface area contributed by atoms with Crippen molar-refractivity contribution < 1.29 is 4.39 Å². The number of rotatable bonds is 4. The van der Waals surface area contributed by atoms with E-state index >= 15 is 0 Å². The highest BCUT2D eigenvalue weighted by atomic mass is 79.9. The van der Waals surface area contributed by atoms with Crippen LogP contribution >= 0.6 is 27.5 Å². The van der Waals surface area contributed by atoms with Crippen LogP contribution in [0.3, 0.4) is 0 Å². The van der Waals surface area contributed by atoms with Gasteiger partial charge in [-0.05, 0) is 48.9 Å². The quantitative estimate of drug-likeness (QED) is 0.673. The van der Waals surface area contributed by atoms with Crippen LogP contribution in [0.5, 0.6) is 0 Å². The van der Waals surface area contributed by atoms with Crippen molar-refractivity contribution >= 4 is 27.5 Å². The maximum atomic E-state index is 13.2. The fraction of sp³-hybridized carbons (Fsp3) is 0.538. The minimum atomic E-state index is -0.195. The molecule has 0 fully saturated rings. The first-order chi connectivity index (χ1) is 7.28. The second-order valence-corrected chi connectivity index (χ2v) is 6.76. The van der Waals surface area contributed by atoms with Gasteiger partial charge >= 0.3 is 0 Å². The van der Waals surface area contributed by atoms with Crippen molar-refractivity contribution in [2.24, 2.45) is 5.41 Å². The Kier molecular flexibility index (Phi) is 4.81. The summed E-state index contributed by atoms with van der Waals surface area (Å²) in [4.78, 5) is 0. The van der Waals surface area contributed by atoms with Gasteiger partial charge in [0.1, 0.15) is 5.82 Å². The average molecular weight is 308 g/mol. The zero-order valence-electron chi connectivity index (χ0n) is 9.86. The van der Waals surface area contributed by atoms with E-state index in [1.165, 1.54) is 6.07 Å². The third-order valence-corrected chi connectivity index (χ3v) is 3.05. The molecule has 0 radical (unpaired) electrons. The van der Waals surface area contributed by atoms with E-state index in [2.05, 4.69) is 29.8 Å². The van der Waals surface area contributed by atoms with Crippen LogP contribution < -0.4 is 0 Å². The van der Waals surface area contributed by atoms with Gasteiger partial charge in [-0.25, -0.2) is 4.39 Å². The zero-order valence-corrected chi connectivity index (χ0v) is 12.2. The summed E-state index contributed by atoms with van der Waals surface area (Å²) in [6, 6.07) is 5.02. The molecule has 0 aliphatic rings. The van der Waals surface area contributed by atoms with Gasteiger partial charge in [-0.2, -0.15) is 0 Å². The third kappa shape index (κ3) is 4.84. The summed E-state index contributed by atoms with van der Waals surface area (Å²) < 4.78 is 14.0. The normalized spacial score (nSPS) is 13.9. The standard InChI is InChI=1S/C13H17BrClF/c1-9(15)7-13(2,3)8-10-4-11(14)6-12(16)5-10/h4-6,9H,7-8H2,1-3H3. The van der Waals surface area contributed by atoms with E-state index in [1.807, 2.05) is 13.0 Å². The summed E-state index contributed by atoms with van der Waals surface area (Å²) in [5.41, 5.74) is 1.10. The predicted molar refractivity (Wildman–Crippen MR) is 71.5 cm³/mol. The van der Waals surface area contributed by atoms with Crippen LogP contribution in [-0.4, -0.2) is 5.38 Å². The van der Waals surface area contributed by atoms with Gasteiger partial charge in [-0.3, -0.25) is 0 Å². The van der Waals surface area contributed by atoms with Gasteiger partial charge in [0.15, 0.2) is 0 Å². The Labute approximate surface area is 110 Å². The second-order valence-electron chi connectivity index (χ2n) is 5.10. The molecule has 0 N–H and O–H groups in total. The topological polar surface area (TPSA) is 0 Å². The lowest BCUT2D eigenvalue weighted by Gasteiger charge is -2.26. The molecule has 1 unspecified atom stereocenters. The highest BCUT2D eigenvalue weighted by molar-refractivity contribution is 9.10. The molecule has 0 saturated heterocycles. The molecule has 0 aliphatic heterocycles. The van der Waals surface area contributed by atoms with E-state index in [4.69, 9.17) is 11.6 Å². The summed E-state index contributed by atoms with van der Waals surface area (Å²) in [5, 5.41) is 0.145. The first kappa shape index (κ1) is 14.0. The third-order valence-electron chi connectivity index (χ3n) is 2.44. The Bertz CT molecular complexity index is 341. The molecule has 0 heterocycles. The van der Waals surface area contributed by atoms with E-state index in [0.717, 1.165) is 22.9 Å². The molecule has 0 amide bonds. The van der Waals surface area contributed by atoms with Gasteiger partial charge in [-0.15, -0.1) is 11.6 Å². The van der Waals surface area contributed by atoms with Gasteiger partial charge in [0.2, 0.25) is 0 Å². The largest absolute Gasteiger partial charge is 0.207 e. The fourth-order valence-electron chi connectivity index (χ4n) is 2.10. The van der Waals surface area contributed by atoms with E-state index < -0.39 is 0 Å². The molecule has 0 aromatic heterocycles. The molecular formula is C13H17BrClF. The maximum absolute atomic E-state index is 13.2. The summed E-state index contributed by atoms with van der Waals surface area (Å²) in [6.07, 6.45) is 1.75. The van der Waals surface area contributed by atoms with E-state index in [9.17, 15) is 4.39 Å². The summed E-state index contributed by atoms with van der Waals surface area (Å²) in [5.74, 6) is -0.195. The minimum absolute atomic E-state index is 0.0917. The Balaban J connectivity index is 2.79. The average Bonchev–Trinajstić information content (AvgIpc) is 1.95. The number of hydrogen-bond acceptors (Lipinski definition) is 0. The van der Waals surface area contributed by atoms with E-state index in [1.54, 1.807) is 6.07 Å². The Morgan fingerprint density at radius 1 is 1.38 bits per heavy atom. The monoisotopic (exact) mass is 306 g/mol. The van der Waals surface area contributed by atoms with Gasteiger partial charge < -0.3 is 0 Å². The summed E-state index contributed by atoms with van der Waals surface area (Å²) in [6.45, 7) is 6.31. The molecule has 90 valence electrons. The molecule has 1 aromatic carbocycles. The SMILES string of the molecule is CC(Cl)CC(C)(C)Cc1cc(F)cc(Br)c1. The molecule has 1 rings (SSSR count). The van der Waals surface area contributed by atoms with E-state index in [-0.39, 0.29) is 16.6 Å². The van der Waals surface area contributed by atoms with Crippen LogP contribution in [0.15, 0.2) is 22.7 Å². The summed E-state index contributed by atoms with van der Waals surface area (Å²) >= 11 is 9.31. The van der Waals surface area contributed by atoms with Crippen LogP contribution in [0.1, 0.15) is 32.8 Å². The van der Waals surface area contributed by atoms with Crippen LogP contribution in [0, 0.1) is 11.2 Å². The Morgan fingerprint density at radius 3 is 2.50 bits per heavy atom. The van der Waals surface area contributed by atoms with Crippen LogP contribution in [-0.2, 0) is 6.42 Å². The van der Waals surface area contributed by atoms with Gasteiger partial charge in [-0.1, -0.05) is 29.8 Å². The highest BCUT2D eigenvalue weighted by Gasteiger charge is 2.21. The van der Waals surface area contributed by atoms with Crippen LogP contribution in [0.2, 0.25) is 0 Å². The Morgan fingerprint density at radius 2 is 2.00 bits per heavy atom. The number of benzene rings is 1. The number of hydrogen-bond donors (Lipinski definition) is 0. The molecule has 0 spiro atoms. The van der Waals surface area contributed by atoms with E-state index in [0.29, 0.717) is 0 Å². The Hall–Kier alpha value is -0.0800. The summed E-state index contributed by atoms with van der Waals surface area (Å²) in [7, 11) is 0. The minimum Gasteiger partial charge on any atom is -0.207 e. The first-order valence-corrected chi connectivity index (χ1v) is 6.60. The first-order valence-electron chi connectivity index (χ1n) is 5.37. The maximum Gasteiger partial charge on any atom is 0.124 e. The molecule has 3 heteroatoms. The van der Waals surface area contributed by atoms with Crippen molar-refractivity contribution in [2.45, 2.75) is 39.0 Å². The van der Waals surface area contributed by atoms with Crippen molar-refractivity contribution in [3.05, 3.63) is 34.1 Å². The predicted octanol–water partition coefficient (Wildman–Crippen LogP) is 5.17. The lowest BCUT2D eigenvalue weighted by atomic mass is 9.82. The molecule has 0 saturated carbocycles. The van der Waals surface area contributed by atoms with Crippen molar-refractivity contribution in [3.8, 4) is 0 Å².